The molecule has 0 aromatic carbocycles. The summed E-state index contributed by atoms with van der Waals surface area (Å²) in [4.78, 5) is 10.9. The first-order valence-corrected chi connectivity index (χ1v) is 7.85. The maximum absolute atomic E-state index is 11.3. The van der Waals surface area contributed by atoms with E-state index in [1.807, 2.05) is 6.92 Å². The molecule has 120 valence electrons. The highest BCUT2D eigenvalue weighted by Crippen LogP contribution is 2.29. The molecule has 1 N–H and O–H groups in total. The summed E-state index contributed by atoms with van der Waals surface area (Å²) in [5.41, 5.74) is 0.587. The number of aromatic nitrogens is 2. The Morgan fingerprint density at radius 3 is 2.52 bits per heavy atom. The maximum Gasteiger partial charge on any atom is 0.333 e. The van der Waals surface area contributed by atoms with E-state index in [4.69, 9.17) is 0 Å². The molecule has 1 atom stereocenters. The van der Waals surface area contributed by atoms with Crippen molar-refractivity contribution in [2.45, 2.75) is 72.9 Å². The van der Waals surface area contributed by atoms with Crippen LogP contribution in [-0.4, -0.2) is 20.7 Å². The normalized spacial score (nSPS) is 12.7. The number of nitrogens with one attached hydrogen (secondary N) is 1. The van der Waals surface area contributed by atoms with Crippen LogP contribution in [0.1, 0.15) is 59.1 Å². The van der Waals surface area contributed by atoms with Crippen molar-refractivity contribution in [1.82, 2.24) is 9.78 Å². The number of rotatable bonds is 9. The van der Waals surface area contributed by atoms with Gasteiger partial charge in [0.15, 0.2) is 0 Å². The Morgan fingerprint density at radius 2 is 2.00 bits per heavy atom. The number of aryl methyl sites for hydroxylation is 2. The number of hydrogen-bond acceptors (Lipinski definition) is 4. The molecule has 1 aromatic rings. The molecule has 0 fully saturated rings. The summed E-state index contributed by atoms with van der Waals surface area (Å²) in [5.74, 6) is 1.25. The second kappa shape index (κ2) is 8.00. The summed E-state index contributed by atoms with van der Waals surface area (Å²) < 4.78 is 1.73. The molecular weight excluding hydrogens is 268 g/mol. The van der Waals surface area contributed by atoms with Gasteiger partial charge in [0.2, 0.25) is 5.82 Å². The van der Waals surface area contributed by atoms with Crippen molar-refractivity contribution in [1.29, 1.82) is 0 Å². The molecule has 0 amide bonds. The van der Waals surface area contributed by atoms with E-state index in [2.05, 4.69) is 31.2 Å². The van der Waals surface area contributed by atoms with Crippen LogP contribution >= 0.6 is 0 Å². The second-order valence-corrected chi connectivity index (χ2v) is 6.13. The van der Waals surface area contributed by atoms with Crippen molar-refractivity contribution >= 4 is 11.5 Å². The minimum atomic E-state index is -0.336. The van der Waals surface area contributed by atoms with Crippen LogP contribution in [0.5, 0.6) is 0 Å². The fraction of sp³-hybridized carbons (Fsp3) is 0.800. The van der Waals surface area contributed by atoms with Crippen molar-refractivity contribution in [3.05, 3.63) is 15.8 Å². The van der Waals surface area contributed by atoms with Gasteiger partial charge in [0, 0.05) is 12.6 Å². The second-order valence-electron chi connectivity index (χ2n) is 6.13. The lowest BCUT2D eigenvalue weighted by Crippen LogP contribution is -2.19. The van der Waals surface area contributed by atoms with E-state index in [0.29, 0.717) is 24.0 Å². The quantitative estimate of drug-likeness (QED) is 0.549. The average molecular weight is 296 g/mol. The van der Waals surface area contributed by atoms with Crippen LogP contribution in [0.4, 0.5) is 11.5 Å². The van der Waals surface area contributed by atoms with Crippen molar-refractivity contribution in [2.24, 2.45) is 5.92 Å². The van der Waals surface area contributed by atoms with Gasteiger partial charge in [0.1, 0.15) is 5.69 Å². The van der Waals surface area contributed by atoms with Crippen LogP contribution in [0.25, 0.3) is 0 Å². The van der Waals surface area contributed by atoms with E-state index < -0.39 is 0 Å². The zero-order valence-corrected chi connectivity index (χ0v) is 13.8. The van der Waals surface area contributed by atoms with Gasteiger partial charge in [-0.3, -0.25) is 10.1 Å². The van der Waals surface area contributed by atoms with E-state index >= 15 is 0 Å². The molecule has 1 unspecified atom stereocenters. The number of anilines is 1. The zero-order chi connectivity index (χ0) is 16.0. The van der Waals surface area contributed by atoms with Crippen LogP contribution in [-0.2, 0) is 6.54 Å². The molecule has 0 aliphatic rings. The Hall–Kier alpha value is -1.59. The molecule has 1 aromatic heterocycles. The topological polar surface area (TPSA) is 73.0 Å². The lowest BCUT2D eigenvalue weighted by atomic mass is 10.0. The molecule has 0 aliphatic carbocycles. The highest BCUT2D eigenvalue weighted by atomic mass is 16.6. The third kappa shape index (κ3) is 5.02. The predicted octanol–water partition coefficient (Wildman–Crippen LogP) is 4.14. The van der Waals surface area contributed by atoms with Gasteiger partial charge in [-0.15, -0.1) is 0 Å². The molecule has 0 radical (unpaired) electrons. The van der Waals surface area contributed by atoms with Crippen molar-refractivity contribution in [2.75, 3.05) is 5.32 Å². The van der Waals surface area contributed by atoms with Gasteiger partial charge in [-0.2, -0.15) is 5.10 Å². The van der Waals surface area contributed by atoms with Crippen molar-refractivity contribution < 1.29 is 4.92 Å². The number of nitro groups is 1. The monoisotopic (exact) mass is 296 g/mol. The summed E-state index contributed by atoms with van der Waals surface area (Å²) in [5, 5.41) is 18.9. The summed E-state index contributed by atoms with van der Waals surface area (Å²) in [7, 11) is 0. The van der Waals surface area contributed by atoms with Crippen LogP contribution in [0.2, 0.25) is 0 Å². The molecule has 0 spiro atoms. The van der Waals surface area contributed by atoms with Crippen LogP contribution in [0.15, 0.2) is 0 Å². The summed E-state index contributed by atoms with van der Waals surface area (Å²) >= 11 is 0. The van der Waals surface area contributed by atoms with Gasteiger partial charge in [-0.25, -0.2) is 4.68 Å². The smallest absolute Gasteiger partial charge is 0.333 e. The molecular formula is C15H28N4O2. The summed E-state index contributed by atoms with van der Waals surface area (Å²) in [6.45, 7) is 10.9. The van der Waals surface area contributed by atoms with Gasteiger partial charge < -0.3 is 5.32 Å². The molecule has 0 bridgehead atoms. The van der Waals surface area contributed by atoms with E-state index in [0.717, 1.165) is 19.3 Å². The van der Waals surface area contributed by atoms with E-state index in [-0.39, 0.29) is 16.7 Å². The molecule has 1 rings (SSSR count). The largest absolute Gasteiger partial charge is 0.362 e. The van der Waals surface area contributed by atoms with Gasteiger partial charge in [-0.05, 0) is 32.6 Å². The van der Waals surface area contributed by atoms with E-state index in [9.17, 15) is 10.1 Å². The lowest BCUT2D eigenvalue weighted by Gasteiger charge is -2.16. The first-order chi connectivity index (χ1) is 9.86. The molecule has 6 nitrogen and oxygen atoms in total. The molecule has 0 saturated heterocycles. The number of hydrogen-bond donors (Lipinski definition) is 1. The Labute approximate surface area is 127 Å². The summed E-state index contributed by atoms with van der Waals surface area (Å²) in [6, 6.07) is 0.203. The van der Waals surface area contributed by atoms with Gasteiger partial charge in [0.05, 0.1) is 4.92 Å². The van der Waals surface area contributed by atoms with Gasteiger partial charge in [0.25, 0.3) is 0 Å². The first kappa shape index (κ1) is 17.5. The fourth-order valence-corrected chi connectivity index (χ4v) is 2.44. The SMILES string of the molecule is CCCn1nc(C)c([N+](=O)[O-])c1NC(C)CCCC(C)C. The molecule has 21 heavy (non-hydrogen) atoms. The Morgan fingerprint density at radius 1 is 1.33 bits per heavy atom. The molecule has 1 heterocycles. The molecule has 0 aliphatic heterocycles. The average Bonchev–Trinajstić information content (AvgIpc) is 2.65. The third-order valence-electron chi connectivity index (χ3n) is 3.52. The van der Waals surface area contributed by atoms with Gasteiger partial charge >= 0.3 is 5.69 Å². The van der Waals surface area contributed by atoms with Crippen LogP contribution in [0.3, 0.4) is 0 Å². The molecule has 0 saturated carbocycles. The van der Waals surface area contributed by atoms with Crippen molar-refractivity contribution in [3.8, 4) is 0 Å². The minimum absolute atomic E-state index is 0.110. The van der Waals surface area contributed by atoms with E-state index in [1.165, 1.54) is 6.42 Å². The van der Waals surface area contributed by atoms with E-state index in [1.54, 1.807) is 11.6 Å². The Kier molecular flexibility index (Phi) is 6.65. The highest BCUT2D eigenvalue weighted by molar-refractivity contribution is 5.59. The first-order valence-electron chi connectivity index (χ1n) is 7.85. The van der Waals surface area contributed by atoms with Gasteiger partial charge in [-0.1, -0.05) is 33.6 Å². The van der Waals surface area contributed by atoms with Crippen LogP contribution < -0.4 is 5.32 Å². The van der Waals surface area contributed by atoms with Crippen molar-refractivity contribution in [3.63, 3.8) is 0 Å². The zero-order valence-electron chi connectivity index (χ0n) is 13.8. The molecule has 6 heteroatoms. The fourth-order valence-electron chi connectivity index (χ4n) is 2.44. The number of nitrogens with zero attached hydrogens (tertiary/aromatic N) is 3. The Bertz CT molecular complexity index is 468. The Balaban J connectivity index is 2.82. The highest BCUT2D eigenvalue weighted by Gasteiger charge is 2.25. The summed E-state index contributed by atoms with van der Waals surface area (Å²) in [6.07, 6.45) is 4.21. The standard InChI is InChI=1S/C15H28N4O2/c1-6-10-18-15(14(19(20)21)13(5)17-18)16-12(4)9-7-8-11(2)3/h11-12,16H,6-10H2,1-5H3. The predicted molar refractivity (Wildman–Crippen MR) is 85.7 cm³/mol. The minimum Gasteiger partial charge on any atom is -0.362 e. The van der Waals surface area contributed by atoms with Crippen LogP contribution in [0, 0.1) is 23.0 Å². The maximum atomic E-state index is 11.3. The third-order valence-corrected chi connectivity index (χ3v) is 3.52. The lowest BCUT2D eigenvalue weighted by molar-refractivity contribution is -0.384.